The Morgan fingerprint density at radius 1 is 1.47 bits per heavy atom. The Kier molecular flexibility index (Phi) is 4.16. The number of halogens is 1. The van der Waals surface area contributed by atoms with Gasteiger partial charge in [-0.1, -0.05) is 26.7 Å². The number of hydrogen-bond acceptors (Lipinski definition) is 3. The smallest absolute Gasteiger partial charge is 0.280 e. The van der Waals surface area contributed by atoms with Crippen LogP contribution in [0.25, 0.3) is 0 Å². The molecule has 86 valence electrons. The molecule has 1 aromatic rings. The third kappa shape index (κ3) is 3.50. The first kappa shape index (κ1) is 12.5. The van der Waals surface area contributed by atoms with Gasteiger partial charge >= 0.3 is 0 Å². The van der Waals surface area contributed by atoms with E-state index in [1.165, 1.54) is 12.5 Å². The molecule has 0 amide bonds. The first-order valence-corrected chi connectivity index (χ1v) is 7.24. The Morgan fingerprint density at radius 2 is 2.07 bits per heavy atom. The minimum Gasteiger partial charge on any atom is -0.336 e. The molecule has 0 saturated heterocycles. The molecule has 0 saturated carbocycles. The lowest BCUT2D eigenvalue weighted by Gasteiger charge is -2.11. The van der Waals surface area contributed by atoms with E-state index in [1.807, 2.05) is 0 Å². The molecule has 0 unspecified atom stereocenters. The van der Waals surface area contributed by atoms with Gasteiger partial charge in [0.2, 0.25) is 0 Å². The third-order valence-electron chi connectivity index (χ3n) is 2.48. The molecule has 0 fully saturated rings. The molecule has 0 aromatic carbocycles. The predicted octanol–water partition coefficient (Wildman–Crippen LogP) is 2.25. The minimum atomic E-state index is -3.69. The van der Waals surface area contributed by atoms with Crippen molar-refractivity contribution in [1.29, 1.82) is 0 Å². The van der Waals surface area contributed by atoms with Gasteiger partial charge in [0.15, 0.2) is 5.03 Å². The molecule has 0 aliphatic carbocycles. The zero-order valence-corrected chi connectivity index (χ0v) is 10.4. The molecule has 0 bridgehead atoms. The molecular formula is C9H15ClN2O2S. The maximum Gasteiger partial charge on any atom is 0.280 e. The molecule has 1 aromatic heterocycles. The number of imidazole rings is 1. The minimum absolute atomic E-state index is 0.0740. The van der Waals surface area contributed by atoms with Gasteiger partial charge < -0.3 is 4.57 Å². The average molecular weight is 251 g/mol. The number of rotatable bonds is 5. The second kappa shape index (κ2) is 4.99. The van der Waals surface area contributed by atoms with Gasteiger partial charge in [0.1, 0.15) is 0 Å². The van der Waals surface area contributed by atoms with E-state index in [-0.39, 0.29) is 5.03 Å². The van der Waals surface area contributed by atoms with Gasteiger partial charge in [-0.05, 0) is 5.92 Å². The Bertz CT molecular complexity index is 410. The van der Waals surface area contributed by atoms with Crippen molar-refractivity contribution in [2.24, 2.45) is 5.92 Å². The first-order valence-electron chi connectivity index (χ1n) is 4.93. The molecule has 0 aliphatic heterocycles. The van der Waals surface area contributed by atoms with Gasteiger partial charge in [-0.2, -0.15) is 0 Å². The van der Waals surface area contributed by atoms with Crippen LogP contribution < -0.4 is 0 Å². The second-order valence-electron chi connectivity index (χ2n) is 3.53. The van der Waals surface area contributed by atoms with Crippen LogP contribution in [0.15, 0.2) is 17.6 Å². The van der Waals surface area contributed by atoms with Crippen molar-refractivity contribution in [3.63, 3.8) is 0 Å². The summed E-state index contributed by atoms with van der Waals surface area (Å²) in [6, 6.07) is 0. The van der Waals surface area contributed by atoms with E-state index in [0.29, 0.717) is 5.92 Å². The molecular weight excluding hydrogens is 236 g/mol. The number of aromatic nitrogens is 2. The van der Waals surface area contributed by atoms with E-state index >= 15 is 0 Å². The van der Waals surface area contributed by atoms with Gasteiger partial charge in [-0.25, -0.2) is 13.4 Å². The summed E-state index contributed by atoms with van der Waals surface area (Å²) < 4.78 is 23.7. The van der Waals surface area contributed by atoms with Crippen LogP contribution in [0.5, 0.6) is 0 Å². The van der Waals surface area contributed by atoms with E-state index in [2.05, 4.69) is 18.8 Å². The molecule has 0 atom stereocenters. The van der Waals surface area contributed by atoms with Crippen molar-refractivity contribution >= 4 is 19.7 Å². The van der Waals surface area contributed by atoms with Gasteiger partial charge in [-0.15, -0.1) is 0 Å². The summed E-state index contributed by atoms with van der Waals surface area (Å²) in [5.74, 6) is 0.546. The molecule has 0 N–H and O–H groups in total. The molecule has 6 heteroatoms. The first-order chi connectivity index (χ1) is 6.97. The number of nitrogens with zero attached hydrogens (tertiary/aromatic N) is 2. The summed E-state index contributed by atoms with van der Waals surface area (Å²) in [7, 11) is 1.48. The Morgan fingerprint density at radius 3 is 2.47 bits per heavy atom. The van der Waals surface area contributed by atoms with Crippen LogP contribution >= 0.6 is 10.7 Å². The normalized spacial score (nSPS) is 12.3. The van der Waals surface area contributed by atoms with Crippen LogP contribution in [-0.4, -0.2) is 18.0 Å². The van der Waals surface area contributed by atoms with E-state index in [4.69, 9.17) is 10.7 Å². The molecule has 0 aliphatic rings. The zero-order chi connectivity index (χ0) is 11.5. The Labute approximate surface area is 94.7 Å². The van der Waals surface area contributed by atoms with E-state index in [1.54, 1.807) is 4.57 Å². The molecule has 1 heterocycles. The number of hydrogen-bond donors (Lipinski definition) is 0. The SMILES string of the molecule is CCC(CC)Cn1cnc(S(=O)(=O)Cl)c1. The van der Waals surface area contributed by atoms with E-state index < -0.39 is 9.05 Å². The zero-order valence-electron chi connectivity index (χ0n) is 8.85. The van der Waals surface area contributed by atoms with E-state index in [9.17, 15) is 8.42 Å². The molecule has 4 nitrogen and oxygen atoms in total. The quantitative estimate of drug-likeness (QED) is 0.753. The van der Waals surface area contributed by atoms with Crippen LogP contribution in [0.1, 0.15) is 26.7 Å². The van der Waals surface area contributed by atoms with Crippen molar-refractivity contribution in [3.8, 4) is 0 Å². The van der Waals surface area contributed by atoms with Crippen LogP contribution in [-0.2, 0) is 15.6 Å². The van der Waals surface area contributed by atoms with Crippen molar-refractivity contribution in [1.82, 2.24) is 9.55 Å². The highest BCUT2D eigenvalue weighted by atomic mass is 35.7. The van der Waals surface area contributed by atoms with Crippen molar-refractivity contribution in [2.75, 3.05) is 0 Å². The summed E-state index contributed by atoms with van der Waals surface area (Å²) in [5, 5.41) is -0.0740. The lowest BCUT2D eigenvalue weighted by Crippen LogP contribution is -2.07. The molecule has 0 spiro atoms. The highest BCUT2D eigenvalue weighted by molar-refractivity contribution is 8.13. The molecule has 0 radical (unpaired) electrons. The molecule has 15 heavy (non-hydrogen) atoms. The highest BCUT2D eigenvalue weighted by Gasteiger charge is 2.14. The molecule has 1 rings (SSSR count). The van der Waals surface area contributed by atoms with Gasteiger partial charge in [0.25, 0.3) is 9.05 Å². The lowest BCUT2D eigenvalue weighted by atomic mass is 10.0. The predicted molar refractivity (Wildman–Crippen MR) is 59.3 cm³/mol. The largest absolute Gasteiger partial charge is 0.336 e. The summed E-state index contributed by atoms with van der Waals surface area (Å²) in [6.45, 7) is 5.01. The standard InChI is InChI=1S/C9H15ClN2O2S/c1-3-8(4-2)5-12-6-9(11-7-12)15(10,13)14/h6-8H,3-5H2,1-2H3. The van der Waals surface area contributed by atoms with Crippen LogP contribution in [0.4, 0.5) is 0 Å². The monoisotopic (exact) mass is 250 g/mol. The maximum absolute atomic E-state index is 11.0. The fraction of sp³-hybridized carbons (Fsp3) is 0.667. The van der Waals surface area contributed by atoms with Crippen molar-refractivity contribution < 1.29 is 8.42 Å². The van der Waals surface area contributed by atoms with Crippen LogP contribution in [0.2, 0.25) is 0 Å². The van der Waals surface area contributed by atoms with Gasteiger partial charge in [-0.3, -0.25) is 0 Å². The third-order valence-corrected chi connectivity index (χ3v) is 3.67. The Hall–Kier alpha value is -0.550. The van der Waals surface area contributed by atoms with Gasteiger partial charge in [0.05, 0.1) is 6.33 Å². The second-order valence-corrected chi connectivity index (χ2v) is 6.04. The van der Waals surface area contributed by atoms with Crippen LogP contribution in [0.3, 0.4) is 0 Å². The van der Waals surface area contributed by atoms with Crippen molar-refractivity contribution in [2.45, 2.75) is 38.3 Å². The van der Waals surface area contributed by atoms with Crippen LogP contribution in [0, 0.1) is 5.92 Å². The van der Waals surface area contributed by atoms with Gasteiger partial charge in [0, 0.05) is 23.4 Å². The summed E-state index contributed by atoms with van der Waals surface area (Å²) >= 11 is 0. The summed E-state index contributed by atoms with van der Waals surface area (Å²) in [4.78, 5) is 3.75. The fourth-order valence-electron chi connectivity index (χ4n) is 1.41. The summed E-state index contributed by atoms with van der Waals surface area (Å²) in [5.41, 5.74) is 0. The Balaban J connectivity index is 2.77. The average Bonchev–Trinajstić information content (AvgIpc) is 2.61. The highest BCUT2D eigenvalue weighted by Crippen LogP contribution is 2.15. The topological polar surface area (TPSA) is 52.0 Å². The van der Waals surface area contributed by atoms with Crippen molar-refractivity contribution in [3.05, 3.63) is 12.5 Å². The fourth-order valence-corrected chi connectivity index (χ4v) is 2.08. The lowest BCUT2D eigenvalue weighted by molar-refractivity contribution is 0.418. The van der Waals surface area contributed by atoms with E-state index in [0.717, 1.165) is 19.4 Å². The maximum atomic E-state index is 11.0. The summed E-state index contributed by atoms with van der Waals surface area (Å²) in [6.07, 6.45) is 5.11.